The van der Waals surface area contributed by atoms with Gasteiger partial charge in [-0.3, -0.25) is 9.59 Å². The standard InChI is InChI=1S/C22H25N3O7S/c1-9-16-15(10(2)26)20(28)25(16)17(22(31)32)18(9)33-13-7-14(23-8-13)19(27)24-12-5-3-4-11(6-12)21(29)30/h3-6,9-10,13-16,23,26H,7-8H2,1-2H3,(H,24,27)(H,29,30)(H,31,32)/p-1. The highest BCUT2D eigenvalue weighted by atomic mass is 32.2. The summed E-state index contributed by atoms with van der Waals surface area (Å²) in [7, 11) is 0. The highest BCUT2D eigenvalue weighted by molar-refractivity contribution is 8.03. The molecule has 0 spiro atoms. The van der Waals surface area contributed by atoms with Crippen molar-refractivity contribution in [3.05, 3.63) is 40.4 Å². The van der Waals surface area contributed by atoms with E-state index >= 15 is 0 Å². The number of amides is 2. The molecule has 0 aromatic heterocycles. The Kier molecular flexibility index (Phi) is 6.21. The molecule has 0 saturated carbocycles. The van der Waals surface area contributed by atoms with Gasteiger partial charge in [-0.25, -0.2) is 0 Å². The van der Waals surface area contributed by atoms with Gasteiger partial charge in [0, 0.05) is 22.9 Å². The van der Waals surface area contributed by atoms with E-state index in [0.717, 1.165) is 0 Å². The van der Waals surface area contributed by atoms with Gasteiger partial charge in [0.15, 0.2) is 6.04 Å². The number of β-lactam (4-membered cyclic amide) rings is 1. The molecule has 0 bridgehead atoms. The van der Waals surface area contributed by atoms with Crippen molar-refractivity contribution >= 4 is 41.2 Å². The molecule has 3 aliphatic heterocycles. The van der Waals surface area contributed by atoms with Crippen molar-refractivity contribution in [3.63, 3.8) is 0 Å². The number of carboxylic acid groups (broad SMARTS) is 2. The van der Waals surface area contributed by atoms with Crippen LogP contribution < -0.4 is 20.8 Å². The second-order valence-electron chi connectivity index (χ2n) is 8.67. The number of hydrogen-bond acceptors (Lipinski definition) is 8. The summed E-state index contributed by atoms with van der Waals surface area (Å²) in [6, 6.07) is 4.96. The Morgan fingerprint density at radius 1 is 1.27 bits per heavy atom. The topological polar surface area (TPSA) is 167 Å². The molecule has 10 nitrogen and oxygen atoms in total. The van der Waals surface area contributed by atoms with E-state index in [0.29, 0.717) is 23.6 Å². The number of carbonyl (C=O) groups is 4. The lowest BCUT2D eigenvalue weighted by Crippen LogP contribution is -2.89. The van der Waals surface area contributed by atoms with E-state index in [1.165, 1.54) is 41.8 Å². The first-order valence-corrected chi connectivity index (χ1v) is 11.6. The molecule has 33 heavy (non-hydrogen) atoms. The van der Waals surface area contributed by atoms with Gasteiger partial charge in [-0.1, -0.05) is 19.1 Å². The lowest BCUT2D eigenvalue weighted by Gasteiger charge is -2.47. The monoisotopic (exact) mass is 474 g/mol. The zero-order valence-corrected chi connectivity index (χ0v) is 18.8. The maximum absolute atomic E-state index is 12.7. The fourth-order valence-corrected chi connectivity index (χ4v) is 6.43. The number of aromatic carboxylic acids is 1. The second kappa shape index (κ2) is 8.81. The maximum atomic E-state index is 12.7. The number of nitrogens with zero attached hydrogens (tertiary/aromatic N) is 1. The maximum Gasteiger partial charge on any atom is 0.282 e. The number of aliphatic carboxylic acids is 1. The van der Waals surface area contributed by atoms with Crippen molar-refractivity contribution in [1.82, 2.24) is 4.90 Å². The number of benzene rings is 1. The van der Waals surface area contributed by atoms with Crippen LogP contribution in [-0.2, 0) is 14.4 Å². The summed E-state index contributed by atoms with van der Waals surface area (Å²) in [6.45, 7) is 3.93. The smallest absolute Gasteiger partial charge is 0.282 e. The zero-order valence-electron chi connectivity index (χ0n) is 18.0. The van der Waals surface area contributed by atoms with Crippen LogP contribution >= 0.6 is 11.8 Å². The molecule has 11 heteroatoms. The van der Waals surface area contributed by atoms with Gasteiger partial charge in [0.05, 0.1) is 47.5 Å². The van der Waals surface area contributed by atoms with Gasteiger partial charge < -0.3 is 40.4 Å². The third-order valence-corrected chi connectivity index (χ3v) is 8.04. The van der Waals surface area contributed by atoms with Crippen LogP contribution in [0.25, 0.3) is 0 Å². The van der Waals surface area contributed by atoms with Gasteiger partial charge in [-0.05, 0) is 24.6 Å². The number of fused-ring (bicyclic) bond motifs is 1. The molecule has 2 saturated heterocycles. The van der Waals surface area contributed by atoms with Gasteiger partial charge in [-0.2, -0.15) is 0 Å². The van der Waals surface area contributed by atoms with Crippen LogP contribution in [-0.4, -0.2) is 63.7 Å². The summed E-state index contributed by atoms with van der Waals surface area (Å²) in [5.41, 5.74) is 0.180. The molecule has 4 rings (SSSR count). The number of aliphatic hydroxyl groups is 1. The normalized spacial score (nSPS) is 29.5. The van der Waals surface area contributed by atoms with E-state index < -0.39 is 42.0 Å². The lowest BCUT2D eigenvalue weighted by atomic mass is 9.79. The Bertz CT molecular complexity index is 1060. The van der Waals surface area contributed by atoms with Crippen molar-refractivity contribution in [2.24, 2.45) is 11.8 Å². The largest absolute Gasteiger partial charge is 0.545 e. The first-order chi connectivity index (χ1) is 15.6. The molecule has 3 heterocycles. The van der Waals surface area contributed by atoms with Crippen molar-refractivity contribution in [1.29, 1.82) is 0 Å². The summed E-state index contributed by atoms with van der Waals surface area (Å²) in [4.78, 5) is 49.7. The summed E-state index contributed by atoms with van der Waals surface area (Å²) < 4.78 is 0. The number of hydrogen-bond donors (Lipinski definition) is 3. The van der Waals surface area contributed by atoms with E-state index in [4.69, 9.17) is 0 Å². The number of quaternary nitrogens is 1. The number of carbonyl (C=O) groups excluding carboxylic acids is 4. The molecule has 3 aliphatic rings. The molecule has 6 unspecified atom stereocenters. The summed E-state index contributed by atoms with van der Waals surface area (Å²) in [5, 5.41) is 37.3. The van der Waals surface area contributed by atoms with Crippen molar-refractivity contribution in [3.8, 4) is 0 Å². The minimum atomic E-state index is -1.42. The van der Waals surface area contributed by atoms with E-state index in [2.05, 4.69) is 5.32 Å². The number of anilines is 1. The van der Waals surface area contributed by atoms with E-state index in [-0.39, 0.29) is 28.3 Å². The number of carboxylic acids is 2. The second-order valence-corrected chi connectivity index (χ2v) is 10.0. The fraction of sp³-hybridized carbons (Fsp3) is 0.455. The first-order valence-electron chi connectivity index (χ1n) is 10.7. The van der Waals surface area contributed by atoms with Crippen LogP contribution in [0.5, 0.6) is 0 Å². The van der Waals surface area contributed by atoms with Gasteiger partial charge in [0.1, 0.15) is 0 Å². The average Bonchev–Trinajstić information content (AvgIpc) is 3.30. The third kappa shape index (κ3) is 4.11. The van der Waals surface area contributed by atoms with Crippen molar-refractivity contribution < 1.29 is 39.8 Å². The Balaban J connectivity index is 1.43. The van der Waals surface area contributed by atoms with Gasteiger partial charge in [-0.15, -0.1) is 11.8 Å². The minimum absolute atomic E-state index is 0.0386. The van der Waals surface area contributed by atoms with Crippen LogP contribution in [0, 0.1) is 11.8 Å². The van der Waals surface area contributed by atoms with Crippen LogP contribution in [0.15, 0.2) is 34.9 Å². The average molecular weight is 475 g/mol. The van der Waals surface area contributed by atoms with Crippen molar-refractivity contribution in [2.75, 3.05) is 11.9 Å². The van der Waals surface area contributed by atoms with E-state index in [1.54, 1.807) is 6.07 Å². The van der Waals surface area contributed by atoms with E-state index in [9.17, 15) is 34.5 Å². The quantitative estimate of drug-likeness (QED) is 0.358. The number of aliphatic hydroxyl groups excluding tert-OH is 1. The molecule has 6 atom stereocenters. The molecule has 0 radical (unpaired) electrons. The Hall–Kier alpha value is -2.89. The molecule has 0 aliphatic carbocycles. The summed E-state index contributed by atoms with van der Waals surface area (Å²) in [6.07, 6.45) is -0.414. The number of rotatable bonds is 7. The van der Waals surface area contributed by atoms with Crippen LogP contribution in [0.3, 0.4) is 0 Å². The Morgan fingerprint density at radius 2 is 2.00 bits per heavy atom. The van der Waals surface area contributed by atoms with Crippen LogP contribution in [0.2, 0.25) is 0 Å². The van der Waals surface area contributed by atoms with Gasteiger partial charge in [0.25, 0.3) is 5.91 Å². The predicted molar refractivity (Wildman–Crippen MR) is 113 cm³/mol. The third-order valence-electron chi connectivity index (χ3n) is 6.50. The molecule has 1 aromatic rings. The van der Waals surface area contributed by atoms with Crippen LogP contribution in [0.4, 0.5) is 5.69 Å². The molecule has 2 amide bonds. The predicted octanol–water partition coefficient (Wildman–Crippen LogP) is -2.75. The number of nitrogens with one attached hydrogen (secondary N) is 1. The Labute approximate surface area is 194 Å². The lowest BCUT2D eigenvalue weighted by molar-refractivity contribution is -0.656. The van der Waals surface area contributed by atoms with Crippen LogP contribution in [0.1, 0.15) is 30.6 Å². The SMILES string of the molecule is CC(O)C1C(=O)N2C(C(=O)[O-])=C(SC3C[NH2+]C(C(=O)Nc4cccc(C(=O)[O-])c4)C3)C(C)C12. The zero-order chi connectivity index (χ0) is 24.0. The fourth-order valence-electron chi connectivity index (χ4n) is 4.91. The number of nitrogens with two attached hydrogens (primary N) is 1. The van der Waals surface area contributed by atoms with Crippen molar-refractivity contribution in [2.45, 2.75) is 43.7 Å². The van der Waals surface area contributed by atoms with Gasteiger partial charge >= 0.3 is 0 Å². The van der Waals surface area contributed by atoms with Gasteiger partial charge in [0.2, 0.25) is 5.91 Å². The Morgan fingerprint density at radius 3 is 2.64 bits per heavy atom. The highest BCUT2D eigenvalue weighted by Gasteiger charge is 2.59. The molecule has 4 N–H and O–H groups in total. The highest BCUT2D eigenvalue weighted by Crippen LogP contribution is 2.51. The molecule has 1 aromatic carbocycles. The first kappa shape index (κ1) is 23.3. The summed E-state index contributed by atoms with van der Waals surface area (Å²) >= 11 is 1.34. The number of thioether (sulfide) groups is 1. The van der Waals surface area contributed by atoms with E-state index in [1.807, 2.05) is 12.2 Å². The molecular formula is C22H24N3O7S-. The molecular weight excluding hydrogens is 450 g/mol. The molecule has 2 fully saturated rings. The molecule has 176 valence electrons. The minimum Gasteiger partial charge on any atom is -0.545 e. The summed E-state index contributed by atoms with van der Waals surface area (Å²) in [5.74, 6) is -4.36.